The normalized spacial score (nSPS) is 15.0. The third kappa shape index (κ3) is 5.21. The number of thiophene rings is 1. The van der Waals surface area contributed by atoms with E-state index in [4.69, 9.17) is 21.3 Å². The van der Waals surface area contributed by atoms with Gasteiger partial charge >= 0.3 is 0 Å². The minimum absolute atomic E-state index is 0.0731. The number of anilines is 1. The molecule has 0 bridgehead atoms. The maximum atomic E-state index is 13.3. The quantitative estimate of drug-likeness (QED) is 0.498. The van der Waals surface area contributed by atoms with Gasteiger partial charge in [-0.15, -0.1) is 11.3 Å². The zero-order valence-electron chi connectivity index (χ0n) is 17.3. The molecule has 1 saturated heterocycles. The molecule has 1 aliphatic rings. The van der Waals surface area contributed by atoms with Gasteiger partial charge in [-0.05, 0) is 49.6 Å². The van der Waals surface area contributed by atoms with Gasteiger partial charge in [0.1, 0.15) is 0 Å². The number of hydrogen-bond donors (Lipinski definition) is 0. The second kappa shape index (κ2) is 9.75. The predicted octanol–water partition coefficient (Wildman–Crippen LogP) is 4.93. The number of fused-ring (bicyclic) bond motifs is 1. The minimum atomic E-state index is 0.0731. The van der Waals surface area contributed by atoms with Crippen molar-refractivity contribution in [3.05, 3.63) is 44.6 Å². The van der Waals surface area contributed by atoms with E-state index in [0.717, 1.165) is 59.5 Å². The van der Waals surface area contributed by atoms with Gasteiger partial charge in [-0.25, -0.2) is 4.98 Å². The van der Waals surface area contributed by atoms with E-state index >= 15 is 0 Å². The van der Waals surface area contributed by atoms with Crippen molar-refractivity contribution in [1.29, 1.82) is 0 Å². The van der Waals surface area contributed by atoms with Crippen molar-refractivity contribution < 1.29 is 9.53 Å². The molecule has 0 unspecified atom stereocenters. The van der Waals surface area contributed by atoms with Crippen LogP contribution in [-0.4, -0.2) is 55.2 Å². The summed E-state index contributed by atoms with van der Waals surface area (Å²) in [5.41, 5.74) is 3.37. The summed E-state index contributed by atoms with van der Waals surface area (Å²) < 4.78 is 7.30. The first-order valence-corrected chi connectivity index (χ1v) is 12.2. The molecule has 1 fully saturated rings. The first-order valence-electron chi connectivity index (χ1n) is 10.2. The number of nitrogens with zero attached hydrogens (tertiary/aromatic N) is 3. The Morgan fingerprint density at radius 3 is 2.77 bits per heavy atom. The van der Waals surface area contributed by atoms with E-state index in [1.54, 1.807) is 11.3 Å². The zero-order chi connectivity index (χ0) is 21.1. The smallest absolute Gasteiger partial charge is 0.234 e. The van der Waals surface area contributed by atoms with E-state index in [-0.39, 0.29) is 5.91 Å². The number of rotatable bonds is 7. The second-order valence-corrected chi connectivity index (χ2v) is 10.4. The number of carbonyl (C=O) groups excluding carboxylic acids is 1. The summed E-state index contributed by atoms with van der Waals surface area (Å²) in [5.74, 6) is 0.0731. The number of amides is 1. The molecule has 4 rings (SSSR count). The molecule has 1 amide bonds. The number of thiazole rings is 1. The van der Waals surface area contributed by atoms with Gasteiger partial charge in [-0.1, -0.05) is 29.0 Å². The standard InChI is InChI=1S/C22H26ClN3O2S2/c1-15-12-16(2)21-18(13-15)24-22(30-21)26(7-3-6-25-8-10-28-11-9-25)20(27)14-17-4-5-19(23)29-17/h4-5,12-13H,3,6-11,14H2,1-2H3. The SMILES string of the molecule is Cc1cc(C)c2sc(N(CCCN3CCOCC3)C(=O)Cc3ccc(Cl)s3)nc2c1. The fourth-order valence-electron chi connectivity index (χ4n) is 3.78. The molecular weight excluding hydrogens is 438 g/mol. The second-order valence-electron chi connectivity index (χ2n) is 7.66. The summed E-state index contributed by atoms with van der Waals surface area (Å²) in [4.78, 5) is 23.3. The molecule has 1 aromatic carbocycles. The lowest BCUT2D eigenvalue weighted by Gasteiger charge is -2.27. The fourth-order valence-corrected chi connectivity index (χ4v) is 5.91. The Morgan fingerprint density at radius 2 is 2.03 bits per heavy atom. The first kappa shape index (κ1) is 21.7. The fraction of sp³-hybridized carbons (Fsp3) is 0.455. The third-order valence-electron chi connectivity index (χ3n) is 5.25. The molecule has 0 atom stereocenters. The highest BCUT2D eigenvalue weighted by Crippen LogP contribution is 2.33. The van der Waals surface area contributed by atoms with E-state index in [2.05, 4.69) is 30.9 Å². The molecule has 2 aromatic heterocycles. The van der Waals surface area contributed by atoms with Crippen LogP contribution in [0.4, 0.5) is 5.13 Å². The van der Waals surface area contributed by atoms with Gasteiger partial charge in [0.2, 0.25) is 5.91 Å². The Kier molecular flexibility index (Phi) is 7.05. The molecule has 0 aliphatic carbocycles. The third-order valence-corrected chi connectivity index (χ3v) is 7.72. The Hall–Kier alpha value is -1.51. The van der Waals surface area contributed by atoms with Gasteiger partial charge in [0.15, 0.2) is 5.13 Å². The van der Waals surface area contributed by atoms with E-state index < -0.39 is 0 Å². The van der Waals surface area contributed by atoms with Gasteiger partial charge in [-0.3, -0.25) is 14.6 Å². The molecule has 8 heteroatoms. The van der Waals surface area contributed by atoms with Crippen molar-refractivity contribution in [3.8, 4) is 0 Å². The van der Waals surface area contributed by atoms with Crippen LogP contribution in [0.1, 0.15) is 22.4 Å². The summed E-state index contributed by atoms with van der Waals surface area (Å²) in [7, 11) is 0. The van der Waals surface area contributed by atoms with E-state index in [0.29, 0.717) is 17.3 Å². The highest BCUT2D eigenvalue weighted by molar-refractivity contribution is 7.22. The van der Waals surface area contributed by atoms with E-state index in [1.807, 2.05) is 17.0 Å². The molecule has 0 spiro atoms. The molecule has 30 heavy (non-hydrogen) atoms. The monoisotopic (exact) mass is 463 g/mol. The van der Waals surface area contributed by atoms with Gasteiger partial charge in [0.25, 0.3) is 0 Å². The molecule has 1 aliphatic heterocycles. The van der Waals surface area contributed by atoms with Crippen LogP contribution in [0.25, 0.3) is 10.2 Å². The molecular formula is C22H26ClN3O2S2. The van der Waals surface area contributed by atoms with Crippen molar-refractivity contribution in [2.75, 3.05) is 44.3 Å². The average molecular weight is 464 g/mol. The van der Waals surface area contributed by atoms with Crippen LogP contribution >= 0.6 is 34.3 Å². The highest BCUT2D eigenvalue weighted by Gasteiger charge is 2.22. The number of aromatic nitrogens is 1. The molecule has 0 radical (unpaired) electrons. The molecule has 0 N–H and O–H groups in total. The van der Waals surface area contributed by atoms with Crippen molar-refractivity contribution in [2.24, 2.45) is 0 Å². The molecule has 5 nitrogen and oxygen atoms in total. The Morgan fingerprint density at radius 1 is 1.23 bits per heavy atom. The Labute approximate surface area is 190 Å². The molecule has 3 heterocycles. The van der Waals surface area contributed by atoms with Gasteiger partial charge in [0.05, 0.1) is 34.2 Å². The van der Waals surface area contributed by atoms with Crippen molar-refractivity contribution >= 4 is 55.5 Å². The minimum Gasteiger partial charge on any atom is -0.379 e. The van der Waals surface area contributed by atoms with Crippen molar-refractivity contribution in [3.63, 3.8) is 0 Å². The molecule has 160 valence electrons. The highest BCUT2D eigenvalue weighted by atomic mass is 35.5. The van der Waals surface area contributed by atoms with Gasteiger partial charge in [0, 0.05) is 31.1 Å². The van der Waals surface area contributed by atoms with Gasteiger partial charge in [-0.2, -0.15) is 0 Å². The summed E-state index contributed by atoms with van der Waals surface area (Å²) in [6, 6.07) is 8.05. The van der Waals surface area contributed by atoms with Crippen LogP contribution in [0, 0.1) is 13.8 Å². The largest absolute Gasteiger partial charge is 0.379 e. The van der Waals surface area contributed by atoms with Crippen LogP contribution in [0.3, 0.4) is 0 Å². The zero-order valence-corrected chi connectivity index (χ0v) is 19.7. The lowest BCUT2D eigenvalue weighted by molar-refractivity contribution is -0.118. The van der Waals surface area contributed by atoms with Crippen LogP contribution < -0.4 is 4.90 Å². The number of benzene rings is 1. The van der Waals surface area contributed by atoms with E-state index in [9.17, 15) is 4.79 Å². The number of morpholine rings is 1. The summed E-state index contributed by atoms with van der Waals surface area (Å²) in [6.07, 6.45) is 1.26. The maximum Gasteiger partial charge on any atom is 0.234 e. The van der Waals surface area contributed by atoms with Gasteiger partial charge < -0.3 is 4.74 Å². The molecule has 0 saturated carbocycles. The molecule has 3 aromatic rings. The predicted molar refractivity (Wildman–Crippen MR) is 126 cm³/mol. The van der Waals surface area contributed by atoms with Crippen LogP contribution in [0.15, 0.2) is 24.3 Å². The Bertz CT molecular complexity index is 1030. The van der Waals surface area contributed by atoms with Crippen LogP contribution in [0.2, 0.25) is 4.34 Å². The lowest BCUT2D eigenvalue weighted by Crippen LogP contribution is -2.39. The topological polar surface area (TPSA) is 45.7 Å². The summed E-state index contributed by atoms with van der Waals surface area (Å²) in [6.45, 7) is 9.31. The number of carbonyl (C=O) groups is 1. The number of halogens is 1. The van der Waals surface area contributed by atoms with Crippen molar-refractivity contribution in [2.45, 2.75) is 26.7 Å². The van der Waals surface area contributed by atoms with Crippen LogP contribution in [-0.2, 0) is 16.0 Å². The summed E-state index contributed by atoms with van der Waals surface area (Å²) in [5, 5.41) is 0.785. The van der Waals surface area contributed by atoms with Crippen LogP contribution in [0.5, 0.6) is 0 Å². The average Bonchev–Trinajstić information content (AvgIpc) is 3.32. The lowest BCUT2D eigenvalue weighted by atomic mass is 10.1. The summed E-state index contributed by atoms with van der Waals surface area (Å²) >= 11 is 9.14. The van der Waals surface area contributed by atoms with Crippen molar-refractivity contribution in [1.82, 2.24) is 9.88 Å². The maximum absolute atomic E-state index is 13.3. The number of ether oxygens (including phenoxy) is 1. The Balaban J connectivity index is 1.54. The first-order chi connectivity index (χ1) is 14.5. The van der Waals surface area contributed by atoms with E-state index in [1.165, 1.54) is 22.5 Å². The number of hydrogen-bond acceptors (Lipinski definition) is 6. The number of aryl methyl sites for hydroxylation is 2.